The lowest BCUT2D eigenvalue weighted by molar-refractivity contribution is -0.117. The Balaban J connectivity index is 1.42. The maximum Gasteiger partial charge on any atom is 0.315 e. The lowest BCUT2D eigenvalue weighted by Crippen LogP contribution is -2.44. The normalized spacial score (nSPS) is 18.0. The molecule has 1 aromatic rings. The fourth-order valence-corrected chi connectivity index (χ4v) is 3.96. The Labute approximate surface area is 178 Å². The Hall–Kier alpha value is -2.48. The molecule has 0 spiro atoms. The van der Waals surface area contributed by atoms with E-state index < -0.39 is 0 Å². The molecule has 3 rings (SSSR count). The number of carbonyl (C=O) groups is 2. The first-order valence-corrected chi connectivity index (χ1v) is 11.1. The molecule has 0 bridgehead atoms. The van der Waals surface area contributed by atoms with Crippen molar-refractivity contribution < 1.29 is 19.1 Å². The number of carbonyl (C=O) groups excluding carboxylic acids is 2. The monoisotopic (exact) mass is 418 g/mol. The van der Waals surface area contributed by atoms with Crippen LogP contribution in [0.15, 0.2) is 18.2 Å². The van der Waals surface area contributed by atoms with Crippen LogP contribution in [0.5, 0.6) is 11.5 Å². The first kappa shape index (κ1) is 22.2. The van der Waals surface area contributed by atoms with Gasteiger partial charge in [-0.1, -0.05) is 13.8 Å². The maximum atomic E-state index is 12.5. The summed E-state index contributed by atoms with van der Waals surface area (Å²) in [7, 11) is 0. The van der Waals surface area contributed by atoms with Gasteiger partial charge in [-0.25, -0.2) is 4.79 Å². The summed E-state index contributed by atoms with van der Waals surface area (Å²) in [6.45, 7) is 9.67. The molecule has 1 atom stereocenters. The summed E-state index contributed by atoms with van der Waals surface area (Å²) in [5, 5.41) is 5.84. The van der Waals surface area contributed by atoms with Gasteiger partial charge in [-0.05, 0) is 51.0 Å². The van der Waals surface area contributed by atoms with Gasteiger partial charge in [0.05, 0.1) is 6.04 Å². The standard InChI is InChI=1S/C22H34N4O4/c1-3-9-25(10-4-2)11-5-8-23-22(28)24-17-14-21(27)26(16-17)18-6-7-19-20(15-18)30-13-12-29-19/h6-7,15,17H,3-5,8-14,16H2,1-2H3,(H2,23,24,28)/t17-/m1/s1. The van der Waals surface area contributed by atoms with Gasteiger partial charge < -0.3 is 29.9 Å². The van der Waals surface area contributed by atoms with E-state index in [0.717, 1.165) is 44.6 Å². The second kappa shape index (κ2) is 11.1. The second-order valence-corrected chi connectivity index (χ2v) is 7.83. The molecule has 0 radical (unpaired) electrons. The van der Waals surface area contributed by atoms with E-state index in [1.165, 1.54) is 0 Å². The molecule has 0 unspecified atom stereocenters. The van der Waals surface area contributed by atoms with Crippen molar-refractivity contribution in [3.63, 3.8) is 0 Å². The number of benzene rings is 1. The number of anilines is 1. The lowest BCUT2D eigenvalue weighted by Gasteiger charge is -2.22. The van der Waals surface area contributed by atoms with Crippen LogP contribution in [-0.4, -0.2) is 68.8 Å². The zero-order valence-electron chi connectivity index (χ0n) is 18.1. The van der Waals surface area contributed by atoms with Crippen LogP contribution >= 0.6 is 0 Å². The summed E-state index contributed by atoms with van der Waals surface area (Å²) < 4.78 is 11.1. The molecule has 3 amide bonds. The van der Waals surface area contributed by atoms with Crippen LogP contribution in [0, 0.1) is 0 Å². The van der Waals surface area contributed by atoms with Crippen molar-refractivity contribution >= 4 is 17.6 Å². The number of urea groups is 1. The number of hydrogen-bond acceptors (Lipinski definition) is 5. The average molecular weight is 419 g/mol. The van der Waals surface area contributed by atoms with Crippen molar-refractivity contribution in [3.8, 4) is 11.5 Å². The Bertz CT molecular complexity index is 721. The van der Waals surface area contributed by atoms with Crippen molar-refractivity contribution in [2.45, 2.75) is 45.6 Å². The Kier molecular flexibility index (Phi) is 8.19. The van der Waals surface area contributed by atoms with Crippen LogP contribution in [0.2, 0.25) is 0 Å². The van der Waals surface area contributed by atoms with Crippen LogP contribution < -0.4 is 25.0 Å². The number of nitrogens with zero attached hydrogens (tertiary/aromatic N) is 2. The number of ether oxygens (including phenoxy) is 2. The zero-order chi connectivity index (χ0) is 21.3. The highest BCUT2D eigenvalue weighted by Crippen LogP contribution is 2.35. The van der Waals surface area contributed by atoms with Crippen molar-refractivity contribution in [1.29, 1.82) is 0 Å². The van der Waals surface area contributed by atoms with Crippen molar-refractivity contribution in [1.82, 2.24) is 15.5 Å². The quantitative estimate of drug-likeness (QED) is 0.570. The Morgan fingerprint density at radius 3 is 2.60 bits per heavy atom. The predicted octanol–water partition coefficient (Wildman–Crippen LogP) is 2.37. The average Bonchev–Trinajstić information content (AvgIpc) is 3.11. The summed E-state index contributed by atoms with van der Waals surface area (Å²) in [6.07, 6.45) is 3.50. The maximum absolute atomic E-state index is 12.5. The van der Waals surface area contributed by atoms with Crippen LogP contribution in [-0.2, 0) is 4.79 Å². The van der Waals surface area contributed by atoms with E-state index in [9.17, 15) is 9.59 Å². The fraction of sp³-hybridized carbons (Fsp3) is 0.636. The first-order valence-electron chi connectivity index (χ1n) is 11.1. The first-order chi connectivity index (χ1) is 14.6. The molecule has 8 heteroatoms. The number of rotatable bonds is 10. The molecule has 2 aliphatic rings. The predicted molar refractivity (Wildman–Crippen MR) is 116 cm³/mol. The summed E-state index contributed by atoms with van der Waals surface area (Å²) in [4.78, 5) is 28.8. The molecule has 0 saturated carbocycles. The molecule has 0 aliphatic carbocycles. The van der Waals surface area contributed by atoms with E-state index in [1.54, 1.807) is 4.90 Å². The fourth-order valence-electron chi connectivity index (χ4n) is 3.96. The smallest absolute Gasteiger partial charge is 0.315 e. The van der Waals surface area contributed by atoms with Crippen LogP contribution in [0.4, 0.5) is 10.5 Å². The summed E-state index contributed by atoms with van der Waals surface area (Å²) in [6, 6.07) is 5.08. The van der Waals surface area contributed by atoms with Gasteiger partial charge in [0.25, 0.3) is 0 Å². The highest BCUT2D eigenvalue weighted by molar-refractivity contribution is 5.97. The molecule has 0 aromatic heterocycles. The third-order valence-corrected chi connectivity index (χ3v) is 5.31. The molecule has 1 saturated heterocycles. The lowest BCUT2D eigenvalue weighted by atomic mass is 10.2. The summed E-state index contributed by atoms with van der Waals surface area (Å²) in [5.74, 6) is 1.34. The van der Waals surface area contributed by atoms with Crippen LogP contribution in [0.25, 0.3) is 0 Å². The second-order valence-electron chi connectivity index (χ2n) is 7.83. The number of nitrogens with one attached hydrogen (secondary N) is 2. The molecule has 30 heavy (non-hydrogen) atoms. The topological polar surface area (TPSA) is 83.1 Å². The van der Waals surface area contributed by atoms with Gasteiger partial charge in [0.15, 0.2) is 11.5 Å². The van der Waals surface area contributed by atoms with E-state index in [1.807, 2.05) is 18.2 Å². The van der Waals surface area contributed by atoms with Crippen LogP contribution in [0.1, 0.15) is 39.5 Å². The molecular weight excluding hydrogens is 384 g/mol. The molecule has 8 nitrogen and oxygen atoms in total. The van der Waals surface area contributed by atoms with Crippen LogP contribution in [0.3, 0.4) is 0 Å². The minimum Gasteiger partial charge on any atom is -0.486 e. The SMILES string of the molecule is CCCN(CCC)CCCNC(=O)N[C@@H]1CC(=O)N(c2ccc3c(c2)OCCO3)C1. The van der Waals surface area contributed by atoms with Crippen molar-refractivity contribution in [3.05, 3.63) is 18.2 Å². The van der Waals surface area contributed by atoms with E-state index in [0.29, 0.717) is 44.2 Å². The molecule has 166 valence electrons. The van der Waals surface area contributed by atoms with E-state index in [-0.39, 0.29) is 18.0 Å². The summed E-state index contributed by atoms with van der Waals surface area (Å²) >= 11 is 0. The minimum absolute atomic E-state index is 0.00764. The van der Waals surface area contributed by atoms with Gasteiger partial charge in [0.1, 0.15) is 13.2 Å². The van der Waals surface area contributed by atoms with Gasteiger partial charge >= 0.3 is 6.03 Å². The van der Waals surface area contributed by atoms with Crippen molar-refractivity contribution in [2.75, 3.05) is 50.8 Å². The van der Waals surface area contributed by atoms with Gasteiger partial charge in [0, 0.05) is 31.3 Å². The highest BCUT2D eigenvalue weighted by atomic mass is 16.6. The van der Waals surface area contributed by atoms with Gasteiger partial charge in [-0.3, -0.25) is 4.79 Å². The Morgan fingerprint density at radius 1 is 1.13 bits per heavy atom. The number of fused-ring (bicyclic) bond motifs is 1. The van der Waals surface area contributed by atoms with E-state index >= 15 is 0 Å². The molecule has 1 aromatic carbocycles. The van der Waals surface area contributed by atoms with Gasteiger partial charge in [-0.15, -0.1) is 0 Å². The highest BCUT2D eigenvalue weighted by Gasteiger charge is 2.32. The molecule has 2 aliphatic heterocycles. The molecule has 2 N–H and O–H groups in total. The van der Waals surface area contributed by atoms with Gasteiger partial charge in [-0.2, -0.15) is 0 Å². The zero-order valence-corrected chi connectivity index (χ0v) is 18.1. The minimum atomic E-state index is -0.214. The van der Waals surface area contributed by atoms with Gasteiger partial charge in [0.2, 0.25) is 5.91 Å². The molecule has 2 heterocycles. The third-order valence-electron chi connectivity index (χ3n) is 5.31. The molecule has 1 fully saturated rings. The van der Waals surface area contributed by atoms with Crippen molar-refractivity contribution in [2.24, 2.45) is 0 Å². The summed E-state index contributed by atoms with van der Waals surface area (Å²) in [5.41, 5.74) is 0.765. The third kappa shape index (κ3) is 6.01. The Morgan fingerprint density at radius 2 is 1.87 bits per heavy atom. The van der Waals surface area contributed by atoms with E-state index in [4.69, 9.17) is 9.47 Å². The largest absolute Gasteiger partial charge is 0.486 e. The number of amides is 3. The van der Waals surface area contributed by atoms with E-state index in [2.05, 4.69) is 29.4 Å². The number of hydrogen-bond donors (Lipinski definition) is 2. The molecular formula is C22H34N4O4.